The molecule has 2 aliphatic heterocycles. The number of nitrogen functional groups attached to an aromatic ring is 1. The van der Waals surface area contributed by atoms with Gasteiger partial charge in [0.05, 0.1) is 30.4 Å². The first-order chi connectivity index (χ1) is 43.5. The van der Waals surface area contributed by atoms with E-state index in [0.29, 0.717) is 88.2 Å². The van der Waals surface area contributed by atoms with Gasteiger partial charge in [-0.3, -0.25) is 51.8 Å². The second-order valence-corrected chi connectivity index (χ2v) is 25.6. The predicted molar refractivity (Wildman–Crippen MR) is 328 cm³/mol. The van der Waals surface area contributed by atoms with Crippen molar-refractivity contribution >= 4 is 86.3 Å². The summed E-state index contributed by atoms with van der Waals surface area (Å²) < 4.78 is 97.0. The van der Waals surface area contributed by atoms with Crippen molar-refractivity contribution in [3.05, 3.63) is 98.2 Å². The minimum atomic E-state index is -5.37. The van der Waals surface area contributed by atoms with E-state index in [1.165, 1.54) is 53.2 Å². The number of aromatic nitrogens is 2. The summed E-state index contributed by atoms with van der Waals surface area (Å²) in [6.45, 7) is -2.04. The number of phosphoric acid groups is 1. The van der Waals surface area contributed by atoms with Crippen LogP contribution < -0.4 is 48.8 Å². The summed E-state index contributed by atoms with van der Waals surface area (Å²) in [6, 6.07) is 11.2. The third-order valence-corrected chi connectivity index (χ3v) is 16.9. The van der Waals surface area contributed by atoms with Gasteiger partial charge in [-0.2, -0.15) is 21.8 Å². The zero-order chi connectivity index (χ0) is 67.3. The lowest BCUT2D eigenvalue weighted by Gasteiger charge is -2.19. The lowest BCUT2D eigenvalue weighted by Crippen LogP contribution is -2.52. The number of aromatic carboxylic acids is 1. The number of fused-ring (bicyclic) bond motifs is 2. The number of phenols is 1. The van der Waals surface area contributed by atoms with Crippen molar-refractivity contribution in [1.29, 1.82) is 0 Å². The van der Waals surface area contributed by atoms with Gasteiger partial charge in [0.1, 0.15) is 29.1 Å². The first-order valence-electron chi connectivity index (χ1n) is 28.9. The lowest BCUT2D eigenvalue weighted by atomic mass is 9.90. The number of carbonyl (C=O) groups is 7. The molecule has 6 amide bonds. The smallest absolute Gasteiger partial charge is 0.469 e. The van der Waals surface area contributed by atoms with Gasteiger partial charge in [0.2, 0.25) is 29.5 Å². The Balaban J connectivity index is 0.806. The van der Waals surface area contributed by atoms with Crippen LogP contribution in [-0.4, -0.2) is 159 Å². The first-order valence-corrected chi connectivity index (χ1v) is 33.4. The van der Waals surface area contributed by atoms with Gasteiger partial charge in [-0.25, -0.2) is 14.2 Å². The van der Waals surface area contributed by atoms with E-state index in [0.717, 1.165) is 12.1 Å². The minimum Gasteiger partial charge on any atom is -0.508 e. The Morgan fingerprint density at radius 3 is 1.89 bits per heavy atom. The summed E-state index contributed by atoms with van der Waals surface area (Å²) >= 11 is 0. The Bertz CT molecular complexity index is 3980. The summed E-state index contributed by atoms with van der Waals surface area (Å²) in [5.74, 6) is -0.882. The number of benzene rings is 3. The number of nitrogens with zero attached hydrogens (tertiary/aromatic N) is 2. The minimum absolute atomic E-state index is 0.00852. The number of hydrogen-bond acceptors (Lipinski definition) is 20. The number of phenolic OH excluding ortho intramolecular Hbond substituents is 1. The van der Waals surface area contributed by atoms with Crippen LogP contribution in [0.3, 0.4) is 0 Å². The second-order valence-electron chi connectivity index (χ2n) is 21.2. The van der Waals surface area contributed by atoms with Crippen LogP contribution in [0.4, 0.5) is 5.82 Å². The molecule has 32 nitrogen and oxygen atoms in total. The van der Waals surface area contributed by atoms with Crippen molar-refractivity contribution < 1.29 is 97.7 Å². The monoisotopic (exact) mass is 1340 g/mol. The summed E-state index contributed by atoms with van der Waals surface area (Å²) in [4.78, 5) is 135. The number of carbonyl (C=O) groups excluding carboxylic acids is 6. The zero-order valence-corrected chi connectivity index (χ0v) is 51.8. The highest BCUT2D eigenvalue weighted by Crippen LogP contribution is 2.42. The van der Waals surface area contributed by atoms with Crippen LogP contribution in [0.25, 0.3) is 33.4 Å². The van der Waals surface area contributed by atoms with Gasteiger partial charge >= 0.3 is 19.5 Å². The molecule has 35 heteroatoms. The number of phosphoric ester groups is 1. The average molecular weight is 1340 g/mol. The lowest BCUT2D eigenvalue weighted by molar-refractivity contribution is -0.123. The summed E-state index contributed by atoms with van der Waals surface area (Å²) in [6.07, 6.45) is 6.07. The molecule has 2 unspecified atom stereocenters. The van der Waals surface area contributed by atoms with Crippen molar-refractivity contribution in [2.24, 2.45) is 0 Å². The van der Waals surface area contributed by atoms with Crippen LogP contribution in [-0.2, 0) is 58.0 Å². The molecule has 6 rings (SSSR count). The number of ether oxygens (including phenoxy) is 1. The number of nitrogens with one attached hydrogen (secondary N) is 6. The number of unbranched alkanes of at least 4 members (excludes halogenated alkanes) is 6. The fourth-order valence-corrected chi connectivity index (χ4v) is 11.2. The van der Waals surface area contributed by atoms with Crippen LogP contribution in [0.2, 0.25) is 0 Å². The summed E-state index contributed by atoms with van der Waals surface area (Å²) in [5, 5.41) is 30.4. The van der Waals surface area contributed by atoms with E-state index in [1.54, 1.807) is 0 Å². The molecule has 92 heavy (non-hydrogen) atoms. The van der Waals surface area contributed by atoms with Crippen molar-refractivity contribution in [3.8, 4) is 40.0 Å². The van der Waals surface area contributed by atoms with Gasteiger partial charge < -0.3 is 66.8 Å². The number of carboxylic acid groups (broad SMARTS) is 1. The molecule has 3 heterocycles. The van der Waals surface area contributed by atoms with Crippen molar-refractivity contribution in [1.82, 2.24) is 41.5 Å². The number of carboxylic acids is 1. The van der Waals surface area contributed by atoms with Crippen LogP contribution in [0.5, 0.6) is 5.75 Å². The average Bonchev–Trinajstić information content (AvgIpc) is 0.843. The predicted octanol–water partition coefficient (Wildman–Crippen LogP) is 1.45. The highest BCUT2D eigenvalue weighted by atomic mass is 32.2. The first kappa shape index (κ1) is 72.4. The van der Waals surface area contributed by atoms with E-state index in [-0.39, 0.29) is 108 Å². The molecule has 2 aromatic carbocycles. The van der Waals surface area contributed by atoms with E-state index in [4.69, 9.17) is 24.7 Å². The molecule has 0 saturated carbocycles. The number of amides is 6. The summed E-state index contributed by atoms with van der Waals surface area (Å²) in [5.41, 5.74) is 4.83. The molecule has 3 aromatic rings. The topological polar surface area (TPSA) is 508 Å². The number of rotatable bonds is 34. The fourth-order valence-electron chi connectivity index (χ4n) is 9.56. The molecule has 0 radical (unpaired) electrons. The maximum absolute atomic E-state index is 13.3. The summed E-state index contributed by atoms with van der Waals surface area (Å²) in [7, 11) is -15.3. The molecule has 4 atom stereocenters. The Hall–Kier alpha value is -8.65. The highest BCUT2D eigenvalue weighted by Gasteiger charge is 2.36. The maximum Gasteiger partial charge on any atom is 0.469 e. The largest absolute Gasteiger partial charge is 0.508 e. The molecule has 498 valence electrons. The Morgan fingerprint density at radius 1 is 0.717 bits per heavy atom. The molecular weight excluding hydrogens is 1270 g/mol. The van der Waals surface area contributed by atoms with Crippen molar-refractivity contribution in [2.75, 3.05) is 51.6 Å². The third-order valence-electron chi connectivity index (χ3n) is 14.3. The zero-order valence-electron chi connectivity index (χ0n) is 49.3. The molecule has 14 N–H and O–H groups in total. The molecule has 0 bridgehead atoms. The molecule has 1 saturated heterocycles. The van der Waals surface area contributed by atoms with Crippen LogP contribution >= 0.6 is 7.82 Å². The maximum atomic E-state index is 13.3. The third kappa shape index (κ3) is 22.3. The van der Waals surface area contributed by atoms with Gasteiger partial charge in [-0.1, -0.05) is 37.2 Å². The van der Waals surface area contributed by atoms with Gasteiger partial charge in [0, 0.05) is 92.4 Å². The van der Waals surface area contributed by atoms with E-state index < -0.39 is 104 Å². The number of aromatic hydroxyl groups is 1. The van der Waals surface area contributed by atoms with E-state index in [2.05, 4.69) is 47.9 Å². The molecular formula is C57H70N9O23PS2. The SMILES string of the molecule is Nc1nc(=O)n([C@H]2CC[C@@H](COP(=O)(O)O)O2)cc1C#CCNC(=O)CCCCCNC(=O)CCCCCNC(=O)CCCCCNC(=O)C(CNC(=O)C(CNC(=O)c1ccc(-c2c3ccc(=O)cc-3oc3cc(O)ccc23)c(C(=O)O)c1)S(=O)(=O)O)S(=O)(=O)O. The van der Waals surface area contributed by atoms with E-state index in [9.17, 15) is 83.9 Å². The van der Waals surface area contributed by atoms with Crippen LogP contribution in [0.1, 0.15) is 122 Å². The molecule has 1 fully saturated rings. The normalized spacial score (nSPS) is 14.7. The number of hydrogen-bond donors (Lipinski definition) is 13. The Kier molecular flexibility index (Phi) is 26.4. The van der Waals surface area contributed by atoms with Gasteiger partial charge in [0.25, 0.3) is 26.1 Å². The van der Waals surface area contributed by atoms with Crippen LogP contribution in [0.15, 0.2) is 74.8 Å². The number of anilines is 1. The molecule has 0 spiro atoms. The Labute approximate surface area is 525 Å². The van der Waals surface area contributed by atoms with Gasteiger partial charge in [-0.05, 0) is 93.3 Å². The van der Waals surface area contributed by atoms with E-state index in [1.807, 2.05) is 5.32 Å². The molecule has 1 aromatic heterocycles. The quantitative estimate of drug-likeness (QED) is 0.00911. The van der Waals surface area contributed by atoms with Crippen molar-refractivity contribution in [2.45, 2.75) is 113 Å². The highest BCUT2D eigenvalue weighted by molar-refractivity contribution is 7.87. The van der Waals surface area contributed by atoms with Crippen molar-refractivity contribution in [3.63, 3.8) is 0 Å². The standard InChI is InChI=1S/C57H70N9O23PS2/c58-52-35(32-66(57(77)65-52)50-22-18-38(88-50)33-87-90(78,79)80)11-10-26-61-49(71)14-5-2-8-24-59-47(69)12-4-1-7-23-60-48(70)13-6-3-9-25-62-54(73)45(91(81,82)83)31-64-55(74)46(92(84,85)86)30-63-53(72)34-15-19-39(42(27-34)56(75)76)51-40-20-16-36(67)28-43(40)89-44-29-37(68)17-21-41(44)51/h15-17,19-21,27-29,32,38,45-46,50,67H,1-9,12-14,18,22-26,30-31,33H2,(H,59,69)(H,60,70)(H,61,71)(H,62,73)(H,63,72)(H,64,74)(H,75,76)(H2,58,65,77)(H2,78,79,80)(H,81,82,83)(H,84,85,86)/t38-,45?,46?,50+/m0/s1. The second kappa shape index (κ2) is 33.6. The number of nitrogens with two attached hydrogens (primary N) is 1. The molecule has 3 aliphatic rings. The molecule has 1 aliphatic carbocycles. The van der Waals surface area contributed by atoms with E-state index >= 15 is 0 Å². The van der Waals surface area contributed by atoms with Gasteiger partial charge in [-0.15, -0.1) is 0 Å². The fraction of sp³-hybridized carbons (Fsp3) is 0.439. The Morgan fingerprint density at radius 2 is 1.29 bits per heavy atom. The van der Waals surface area contributed by atoms with Gasteiger partial charge in [0.15, 0.2) is 15.9 Å². The van der Waals surface area contributed by atoms with Crippen LogP contribution in [0, 0.1) is 11.8 Å².